The molecule has 4 heteroatoms. The fourth-order valence-electron chi connectivity index (χ4n) is 3.30. The van der Waals surface area contributed by atoms with Crippen molar-refractivity contribution in [1.82, 2.24) is 4.98 Å². The summed E-state index contributed by atoms with van der Waals surface area (Å²) in [5.41, 5.74) is 4.26. The van der Waals surface area contributed by atoms with Crippen LogP contribution in [0.4, 0.5) is 11.4 Å². The molecule has 1 amide bonds. The van der Waals surface area contributed by atoms with E-state index in [1.807, 2.05) is 47.5 Å². The molecule has 0 aliphatic carbocycles. The fourth-order valence-corrected chi connectivity index (χ4v) is 3.30. The minimum atomic E-state index is 0.148. The van der Waals surface area contributed by atoms with Crippen LogP contribution in [-0.4, -0.2) is 31.0 Å². The maximum atomic E-state index is 12.9. The zero-order chi connectivity index (χ0) is 15.8. The number of fused-ring (bicyclic) bond motifs is 2. The lowest BCUT2D eigenvalue weighted by Gasteiger charge is -2.35. The number of nitrogens with zero attached hydrogens (tertiary/aromatic N) is 2. The monoisotopic (exact) mass is 305 g/mol. The first-order valence-electron chi connectivity index (χ1n) is 7.89. The molecule has 1 aromatic heterocycles. The average molecular weight is 305 g/mol. The van der Waals surface area contributed by atoms with Gasteiger partial charge in [-0.2, -0.15) is 0 Å². The van der Waals surface area contributed by atoms with Crippen LogP contribution in [0.5, 0.6) is 0 Å². The Hall–Kier alpha value is -2.75. The zero-order valence-electron chi connectivity index (χ0n) is 13.1. The van der Waals surface area contributed by atoms with Gasteiger partial charge in [-0.15, -0.1) is 0 Å². The van der Waals surface area contributed by atoms with Crippen molar-refractivity contribution in [2.45, 2.75) is 6.42 Å². The Balaban J connectivity index is 1.64. The standard InChI is InChI=1S/C19H19N3O/c1-21-10-11-22(18-9-5-4-8-17(18)21)19(23)12-14-13-20-16-7-3-2-6-15(14)16/h2-9,13,20H,10-12H2,1H3. The molecule has 116 valence electrons. The number of hydrogen-bond acceptors (Lipinski definition) is 2. The number of aromatic amines is 1. The second kappa shape index (κ2) is 5.47. The van der Waals surface area contributed by atoms with Crippen molar-refractivity contribution in [3.63, 3.8) is 0 Å². The molecule has 2 aromatic carbocycles. The summed E-state index contributed by atoms with van der Waals surface area (Å²) in [6, 6.07) is 16.2. The van der Waals surface area contributed by atoms with E-state index in [2.05, 4.69) is 29.1 Å². The van der Waals surface area contributed by atoms with Gasteiger partial charge in [0, 0.05) is 37.2 Å². The van der Waals surface area contributed by atoms with Crippen LogP contribution in [0.1, 0.15) is 5.56 Å². The molecule has 3 aromatic rings. The van der Waals surface area contributed by atoms with Crippen LogP contribution in [0.2, 0.25) is 0 Å². The van der Waals surface area contributed by atoms with Gasteiger partial charge in [-0.05, 0) is 23.8 Å². The van der Waals surface area contributed by atoms with Crippen molar-refractivity contribution in [2.24, 2.45) is 0 Å². The highest BCUT2D eigenvalue weighted by Crippen LogP contribution is 2.32. The lowest BCUT2D eigenvalue weighted by molar-refractivity contribution is -0.118. The highest BCUT2D eigenvalue weighted by Gasteiger charge is 2.25. The molecule has 4 nitrogen and oxygen atoms in total. The Kier molecular flexibility index (Phi) is 3.30. The third-order valence-electron chi connectivity index (χ3n) is 4.56. The van der Waals surface area contributed by atoms with Gasteiger partial charge >= 0.3 is 0 Å². The zero-order valence-corrected chi connectivity index (χ0v) is 13.1. The van der Waals surface area contributed by atoms with Crippen LogP contribution in [0.25, 0.3) is 10.9 Å². The number of carbonyl (C=O) groups excluding carboxylic acids is 1. The number of hydrogen-bond donors (Lipinski definition) is 1. The second-order valence-corrected chi connectivity index (χ2v) is 5.99. The van der Waals surface area contributed by atoms with Crippen LogP contribution in [0, 0.1) is 0 Å². The Morgan fingerprint density at radius 2 is 1.78 bits per heavy atom. The van der Waals surface area contributed by atoms with Gasteiger partial charge in [-0.1, -0.05) is 30.3 Å². The summed E-state index contributed by atoms with van der Waals surface area (Å²) < 4.78 is 0. The lowest BCUT2D eigenvalue weighted by atomic mass is 10.1. The molecule has 23 heavy (non-hydrogen) atoms. The Morgan fingerprint density at radius 1 is 1.04 bits per heavy atom. The number of anilines is 2. The van der Waals surface area contributed by atoms with Crippen molar-refractivity contribution >= 4 is 28.2 Å². The summed E-state index contributed by atoms with van der Waals surface area (Å²) >= 11 is 0. The van der Waals surface area contributed by atoms with Crippen LogP contribution in [0.3, 0.4) is 0 Å². The van der Waals surface area contributed by atoms with Gasteiger partial charge in [0.05, 0.1) is 17.8 Å². The van der Waals surface area contributed by atoms with Crippen LogP contribution in [0.15, 0.2) is 54.7 Å². The van der Waals surface area contributed by atoms with E-state index in [4.69, 9.17) is 0 Å². The van der Waals surface area contributed by atoms with Gasteiger partial charge in [0.1, 0.15) is 0 Å². The first-order valence-corrected chi connectivity index (χ1v) is 7.89. The minimum absolute atomic E-state index is 0.148. The SMILES string of the molecule is CN1CCN(C(=O)Cc2c[nH]c3ccccc23)c2ccccc21. The van der Waals surface area contributed by atoms with Crippen molar-refractivity contribution in [2.75, 3.05) is 29.9 Å². The third-order valence-corrected chi connectivity index (χ3v) is 4.56. The molecule has 0 spiro atoms. The predicted octanol–water partition coefficient (Wildman–Crippen LogP) is 3.19. The van der Waals surface area contributed by atoms with E-state index >= 15 is 0 Å². The lowest BCUT2D eigenvalue weighted by Crippen LogP contribution is -2.43. The highest BCUT2D eigenvalue weighted by molar-refractivity contribution is 6.00. The molecule has 0 atom stereocenters. The summed E-state index contributed by atoms with van der Waals surface area (Å²) in [7, 11) is 2.07. The Labute approximate surface area is 135 Å². The molecule has 0 saturated carbocycles. The molecule has 1 aliphatic rings. The quantitative estimate of drug-likeness (QED) is 0.790. The van der Waals surface area contributed by atoms with Crippen LogP contribution >= 0.6 is 0 Å². The summed E-state index contributed by atoms with van der Waals surface area (Å²) in [6.07, 6.45) is 2.37. The molecule has 0 fully saturated rings. The second-order valence-electron chi connectivity index (χ2n) is 5.99. The maximum absolute atomic E-state index is 12.9. The number of nitrogens with one attached hydrogen (secondary N) is 1. The fraction of sp³-hybridized carbons (Fsp3) is 0.211. The number of para-hydroxylation sites is 3. The van der Waals surface area contributed by atoms with Crippen molar-refractivity contribution in [3.8, 4) is 0 Å². The molecule has 0 radical (unpaired) electrons. The van der Waals surface area contributed by atoms with Crippen molar-refractivity contribution in [3.05, 3.63) is 60.3 Å². The number of benzene rings is 2. The molecular weight excluding hydrogens is 286 g/mol. The molecule has 0 unspecified atom stereocenters. The predicted molar refractivity (Wildman–Crippen MR) is 94.1 cm³/mol. The molecular formula is C19H19N3O. The number of carbonyl (C=O) groups is 1. The molecule has 1 aliphatic heterocycles. The van der Waals surface area contributed by atoms with Gasteiger partial charge in [0.15, 0.2) is 0 Å². The van der Waals surface area contributed by atoms with E-state index in [-0.39, 0.29) is 5.91 Å². The molecule has 2 heterocycles. The number of rotatable bonds is 2. The van der Waals surface area contributed by atoms with E-state index in [9.17, 15) is 4.79 Å². The van der Waals surface area contributed by atoms with Crippen molar-refractivity contribution in [1.29, 1.82) is 0 Å². The molecule has 4 rings (SSSR count). The van der Waals surface area contributed by atoms with E-state index in [1.54, 1.807) is 0 Å². The van der Waals surface area contributed by atoms with Gasteiger partial charge < -0.3 is 14.8 Å². The first kappa shape index (κ1) is 13.9. The number of likely N-dealkylation sites (N-methyl/N-ethyl adjacent to an activating group) is 1. The topological polar surface area (TPSA) is 39.3 Å². The van der Waals surface area contributed by atoms with Gasteiger partial charge in [-0.25, -0.2) is 0 Å². The van der Waals surface area contributed by atoms with Crippen LogP contribution in [-0.2, 0) is 11.2 Å². The van der Waals surface area contributed by atoms with Crippen molar-refractivity contribution < 1.29 is 4.79 Å². The average Bonchev–Trinajstić information content (AvgIpc) is 2.98. The molecule has 0 bridgehead atoms. The Bertz CT molecular complexity index is 868. The van der Waals surface area contributed by atoms with Gasteiger partial charge in [0.25, 0.3) is 0 Å². The minimum Gasteiger partial charge on any atom is -0.371 e. The van der Waals surface area contributed by atoms with E-state index in [0.717, 1.165) is 40.9 Å². The molecule has 0 saturated heterocycles. The first-order chi connectivity index (χ1) is 11.2. The smallest absolute Gasteiger partial charge is 0.231 e. The Morgan fingerprint density at radius 3 is 2.65 bits per heavy atom. The normalized spacial score (nSPS) is 14.1. The number of aromatic nitrogens is 1. The van der Waals surface area contributed by atoms with Crippen LogP contribution < -0.4 is 9.80 Å². The maximum Gasteiger partial charge on any atom is 0.231 e. The highest BCUT2D eigenvalue weighted by atomic mass is 16.2. The van der Waals surface area contributed by atoms with E-state index < -0.39 is 0 Å². The van der Waals surface area contributed by atoms with Gasteiger partial charge in [0.2, 0.25) is 5.91 Å². The van der Waals surface area contributed by atoms with Gasteiger partial charge in [-0.3, -0.25) is 4.79 Å². The largest absolute Gasteiger partial charge is 0.371 e. The third kappa shape index (κ3) is 2.36. The van der Waals surface area contributed by atoms with E-state index in [0.29, 0.717) is 6.42 Å². The summed E-state index contributed by atoms with van der Waals surface area (Å²) in [5, 5.41) is 1.13. The van der Waals surface area contributed by atoms with E-state index in [1.165, 1.54) is 0 Å². The number of amides is 1. The summed E-state index contributed by atoms with van der Waals surface area (Å²) in [4.78, 5) is 20.2. The summed E-state index contributed by atoms with van der Waals surface area (Å²) in [6.45, 7) is 1.59. The molecule has 1 N–H and O–H groups in total. The summed E-state index contributed by atoms with van der Waals surface area (Å²) in [5.74, 6) is 0.148. The number of H-pyrrole nitrogens is 1.